The Morgan fingerprint density at radius 2 is 1.33 bits per heavy atom. The normalized spacial score (nSPS) is 15.2. The Bertz CT molecular complexity index is 1240. The number of carbonyl (C=O) groups is 3. The summed E-state index contributed by atoms with van der Waals surface area (Å²) in [5, 5.41) is 2.85. The molecule has 0 spiro atoms. The Hall–Kier alpha value is -3.17. The molecule has 1 atom stereocenters. The van der Waals surface area contributed by atoms with E-state index in [1.807, 2.05) is 42.0 Å². The van der Waals surface area contributed by atoms with Crippen molar-refractivity contribution in [1.82, 2.24) is 10.2 Å². The van der Waals surface area contributed by atoms with E-state index in [9.17, 15) is 14.4 Å². The van der Waals surface area contributed by atoms with E-state index in [1.165, 1.54) is 89.9 Å². The maximum atomic E-state index is 13.5. The number of nitrogens with one attached hydrogen (secondary N) is 1. The number of nitrogens with zero attached hydrogens (tertiary/aromatic N) is 2. The van der Waals surface area contributed by atoms with Gasteiger partial charge in [-0.2, -0.15) is 0 Å². The number of hydrogen-bond acceptors (Lipinski definition) is 6. The van der Waals surface area contributed by atoms with Gasteiger partial charge in [-0.25, -0.2) is 19.1 Å². The first-order valence-electron chi connectivity index (χ1n) is 19.5. The van der Waals surface area contributed by atoms with Crippen LogP contribution in [0.4, 0.5) is 9.59 Å². The van der Waals surface area contributed by atoms with Gasteiger partial charge in [0.05, 0.1) is 0 Å². The number of ether oxygens (including phenoxy) is 3. The van der Waals surface area contributed by atoms with Crippen molar-refractivity contribution in [3.63, 3.8) is 0 Å². The van der Waals surface area contributed by atoms with E-state index in [0.29, 0.717) is 31.7 Å². The maximum absolute atomic E-state index is 13.5. The molecule has 9 nitrogen and oxygen atoms in total. The summed E-state index contributed by atoms with van der Waals surface area (Å²) in [6.07, 6.45) is 22.9. The predicted molar refractivity (Wildman–Crippen MR) is 197 cm³/mol. The monoisotopic (exact) mass is 729 g/mol. The zero-order valence-electron chi connectivity index (χ0n) is 31.4. The van der Waals surface area contributed by atoms with Crippen molar-refractivity contribution in [2.45, 2.75) is 148 Å². The van der Waals surface area contributed by atoms with Crippen molar-refractivity contribution < 1.29 is 45.6 Å². The van der Waals surface area contributed by atoms with Gasteiger partial charge in [0.1, 0.15) is 31.9 Å². The number of aryl methyl sites for hydroxylation is 1. The van der Waals surface area contributed by atoms with Crippen LogP contribution < -0.4 is 22.3 Å². The van der Waals surface area contributed by atoms with Crippen LogP contribution in [0.5, 0.6) is 0 Å². The molecule has 0 bridgehead atoms. The number of aromatic nitrogens is 1. The second kappa shape index (κ2) is 26.6. The molecule has 3 rings (SSSR count). The van der Waals surface area contributed by atoms with Crippen LogP contribution in [0.1, 0.15) is 145 Å². The first-order chi connectivity index (χ1) is 24.5. The summed E-state index contributed by atoms with van der Waals surface area (Å²) in [6.45, 7) is 5.90. The van der Waals surface area contributed by atoms with Crippen LogP contribution >= 0.6 is 0 Å². The maximum Gasteiger partial charge on any atom is 0.417 e. The van der Waals surface area contributed by atoms with Gasteiger partial charge in [-0.05, 0) is 38.3 Å². The minimum absolute atomic E-state index is 0. The summed E-state index contributed by atoms with van der Waals surface area (Å²) >= 11 is 0. The predicted octanol–water partition coefficient (Wildman–Crippen LogP) is 6.31. The quantitative estimate of drug-likeness (QED) is 0.0951. The zero-order valence-corrected chi connectivity index (χ0v) is 32.1. The molecule has 1 aliphatic heterocycles. The van der Waals surface area contributed by atoms with E-state index in [0.717, 1.165) is 29.9 Å². The van der Waals surface area contributed by atoms with Gasteiger partial charge in [0.15, 0.2) is 6.20 Å². The molecule has 286 valence electrons. The molecule has 1 saturated heterocycles. The lowest BCUT2D eigenvalue weighted by Crippen LogP contribution is -3.00. The van der Waals surface area contributed by atoms with Crippen LogP contribution in [0.2, 0.25) is 0 Å². The highest BCUT2D eigenvalue weighted by Crippen LogP contribution is 2.27. The second-order valence-corrected chi connectivity index (χ2v) is 13.7. The van der Waals surface area contributed by atoms with E-state index >= 15 is 0 Å². The van der Waals surface area contributed by atoms with Gasteiger partial charge >= 0.3 is 12.2 Å². The van der Waals surface area contributed by atoms with E-state index in [2.05, 4.69) is 12.2 Å². The van der Waals surface area contributed by atoms with Gasteiger partial charge in [-0.1, -0.05) is 128 Å². The van der Waals surface area contributed by atoms with Crippen LogP contribution in [0.15, 0.2) is 54.7 Å². The number of hydrogen-bond donors (Lipinski definition) is 1. The molecule has 10 heteroatoms. The molecule has 0 saturated carbocycles. The number of rotatable bonds is 25. The molecular weight excluding hydrogens is 666 g/mol. The SMILES string of the molecule is CCCCCCCCCCCCCCCCCCNC(=O)OCC1(COC(=O)N(Cc2cccc[n+]2CC)C(=O)c2ccccc2)CCCO1.[Cl-]. The third-order valence-corrected chi connectivity index (χ3v) is 9.59. The molecule has 2 heterocycles. The summed E-state index contributed by atoms with van der Waals surface area (Å²) in [6, 6.07) is 14.4. The van der Waals surface area contributed by atoms with E-state index < -0.39 is 23.7 Å². The summed E-state index contributed by atoms with van der Waals surface area (Å²) in [5.74, 6) is -0.451. The molecule has 0 aliphatic carbocycles. The number of amides is 3. The van der Waals surface area contributed by atoms with Gasteiger partial charge < -0.3 is 31.9 Å². The minimum Gasteiger partial charge on any atom is -1.00 e. The van der Waals surface area contributed by atoms with E-state index in [4.69, 9.17) is 14.2 Å². The van der Waals surface area contributed by atoms with Crippen molar-refractivity contribution in [1.29, 1.82) is 0 Å². The standard InChI is InChI=1S/C41H63N3O6.ClH/c1-3-5-6-7-8-9-10-11-12-13-14-15-16-17-18-23-30-42-39(46)48-34-41(29-25-32-50-41)35-49-40(47)44(38(45)36-26-20-19-21-27-36)33-37-28-22-24-31-43(37)4-2;/h19-22,24,26-28,31H,3-18,23,25,29-30,32-35H2,1-2H3;1H. The lowest BCUT2D eigenvalue weighted by Gasteiger charge is -2.28. The average molecular weight is 730 g/mol. The third kappa shape index (κ3) is 17.3. The van der Waals surface area contributed by atoms with Crippen molar-refractivity contribution in [3.05, 3.63) is 66.0 Å². The Kier molecular flexibility index (Phi) is 22.9. The van der Waals surface area contributed by atoms with Crippen LogP contribution in [-0.4, -0.2) is 55.0 Å². The fraction of sp³-hybridized carbons (Fsp3) is 0.659. The highest BCUT2D eigenvalue weighted by molar-refractivity contribution is 6.02. The van der Waals surface area contributed by atoms with Crippen molar-refractivity contribution in [2.75, 3.05) is 26.4 Å². The molecule has 1 aromatic carbocycles. The molecule has 1 unspecified atom stereocenters. The number of pyridine rings is 1. The highest BCUT2D eigenvalue weighted by Gasteiger charge is 2.39. The van der Waals surface area contributed by atoms with E-state index in [-0.39, 0.29) is 32.2 Å². The molecule has 51 heavy (non-hydrogen) atoms. The molecule has 1 aromatic heterocycles. The van der Waals surface area contributed by atoms with Crippen LogP contribution in [-0.2, 0) is 27.3 Å². The van der Waals surface area contributed by atoms with Crippen LogP contribution in [0.3, 0.4) is 0 Å². The first kappa shape index (κ1) is 44.0. The fourth-order valence-electron chi connectivity index (χ4n) is 6.49. The number of halogens is 1. The average Bonchev–Trinajstić information content (AvgIpc) is 3.62. The van der Waals surface area contributed by atoms with Crippen molar-refractivity contribution in [3.8, 4) is 0 Å². The Balaban J connectivity index is 0.00000901. The van der Waals surface area contributed by atoms with Gasteiger partial charge in [0.2, 0.25) is 5.69 Å². The summed E-state index contributed by atoms with van der Waals surface area (Å²) in [5.41, 5.74) is 0.241. The highest BCUT2D eigenvalue weighted by atomic mass is 35.5. The summed E-state index contributed by atoms with van der Waals surface area (Å²) in [4.78, 5) is 40.6. The minimum atomic E-state index is -0.946. The number of unbranched alkanes of at least 4 members (excludes halogenated alkanes) is 15. The molecule has 0 radical (unpaired) electrons. The number of benzene rings is 1. The topological polar surface area (TPSA) is 98.0 Å². The lowest BCUT2D eigenvalue weighted by atomic mass is 10.0. The van der Waals surface area contributed by atoms with Crippen LogP contribution in [0, 0.1) is 0 Å². The van der Waals surface area contributed by atoms with Gasteiger partial charge in [0.25, 0.3) is 5.91 Å². The molecule has 3 amide bonds. The fourth-order valence-corrected chi connectivity index (χ4v) is 6.49. The molecule has 1 fully saturated rings. The molecule has 2 aromatic rings. The Morgan fingerprint density at radius 1 is 0.765 bits per heavy atom. The van der Waals surface area contributed by atoms with Crippen molar-refractivity contribution >= 4 is 18.1 Å². The number of alkyl carbamates (subject to hydrolysis) is 1. The van der Waals surface area contributed by atoms with E-state index in [1.54, 1.807) is 24.3 Å². The van der Waals surface area contributed by atoms with Gasteiger partial charge in [-0.3, -0.25) is 4.79 Å². The zero-order chi connectivity index (χ0) is 35.7. The molecular formula is C41H64ClN3O6. The smallest absolute Gasteiger partial charge is 0.417 e. The first-order valence-corrected chi connectivity index (χ1v) is 19.5. The Morgan fingerprint density at radius 3 is 1.90 bits per heavy atom. The summed E-state index contributed by atoms with van der Waals surface area (Å²) in [7, 11) is 0. The number of carbonyl (C=O) groups excluding carboxylic acids is 3. The summed E-state index contributed by atoms with van der Waals surface area (Å²) < 4.78 is 19.2. The lowest BCUT2D eigenvalue weighted by molar-refractivity contribution is -0.701. The Labute approximate surface area is 313 Å². The third-order valence-electron chi connectivity index (χ3n) is 9.59. The van der Waals surface area contributed by atoms with Crippen LogP contribution in [0.25, 0.3) is 0 Å². The van der Waals surface area contributed by atoms with Gasteiger partial charge in [-0.15, -0.1) is 0 Å². The number of imide groups is 1. The second-order valence-electron chi connectivity index (χ2n) is 13.7. The molecule has 1 aliphatic rings. The molecule has 1 N–H and O–H groups in total. The van der Waals surface area contributed by atoms with Crippen molar-refractivity contribution in [2.24, 2.45) is 0 Å². The van der Waals surface area contributed by atoms with Gasteiger partial charge in [0, 0.05) is 30.8 Å². The largest absolute Gasteiger partial charge is 1.00 e.